The van der Waals surface area contributed by atoms with Crippen molar-refractivity contribution in [2.45, 2.75) is 50.8 Å². The summed E-state index contributed by atoms with van der Waals surface area (Å²) in [6.07, 6.45) is 2.90. The maximum atomic E-state index is 12.1. The van der Waals surface area contributed by atoms with E-state index in [-0.39, 0.29) is 29.2 Å². The number of carbonyl (C=O) groups is 2. The van der Waals surface area contributed by atoms with Gasteiger partial charge in [-0.1, -0.05) is 0 Å². The first-order valence-corrected chi connectivity index (χ1v) is 8.00. The first kappa shape index (κ1) is 16.2. The van der Waals surface area contributed by atoms with Gasteiger partial charge in [-0.3, -0.25) is 14.9 Å². The predicted octanol–water partition coefficient (Wildman–Crippen LogP) is 1.99. The van der Waals surface area contributed by atoms with Gasteiger partial charge in [-0.15, -0.1) is 0 Å². The van der Waals surface area contributed by atoms with E-state index in [0.717, 1.165) is 25.7 Å². The lowest BCUT2D eigenvalue weighted by Gasteiger charge is -2.13. The third-order valence-electron chi connectivity index (χ3n) is 3.94. The van der Waals surface area contributed by atoms with Gasteiger partial charge in [0.05, 0.1) is 10.5 Å². The molecule has 2 aliphatic rings. The molecule has 1 aromatic carbocycles. The average molecular weight is 333 g/mol. The molecular weight excluding hydrogens is 314 g/mol. The number of nitrogens with zero attached hydrogens (tertiary/aromatic N) is 1. The molecule has 8 heteroatoms. The second-order valence-electron chi connectivity index (χ2n) is 6.24. The largest absolute Gasteiger partial charge is 0.449 e. The highest BCUT2D eigenvalue weighted by molar-refractivity contribution is 5.93. The van der Waals surface area contributed by atoms with Crippen LogP contribution in [0, 0.1) is 10.1 Å². The van der Waals surface area contributed by atoms with Crippen LogP contribution in [-0.4, -0.2) is 35.0 Å². The van der Waals surface area contributed by atoms with E-state index >= 15 is 0 Å². The molecule has 0 bridgehead atoms. The number of nitro groups is 1. The number of carbonyl (C=O) groups excluding carboxylic acids is 2. The van der Waals surface area contributed by atoms with Crippen molar-refractivity contribution in [2.24, 2.45) is 0 Å². The van der Waals surface area contributed by atoms with Crippen molar-refractivity contribution in [3.63, 3.8) is 0 Å². The Hall–Kier alpha value is -2.64. The van der Waals surface area contributed by atoms with E-state index in [1.807, 2.05) is 0 Å². The number of amides is 1. The van der Waals surface area contributed by atoms with Gasteiger partial charge in [0, 0.05) is 18.2 Å². The highest BCUT2D eigenvalue weighted by Gasteiger charge is 2.29. The Kier molecular flexibility index (Phi) is 4.37. The summed E-state index contributed by atoms with van der Waals surface area (Å²) in [6.45, 7) is 1.48. The van der Waals surface area contributed by atoms with Gasteiger partial charge in [-0.25, -0.2) is 4.79 Å². The Morgan fingerprint density at radius 3 is 2.50 bits per heavy atom. The van der Waals surface area contributed by atoms with Crippen LogP contribution in [0.5, 0.6) is 0 Å². The fourth-order valence-corrected chi connectivity index (χ4v) is 2.21. The van der Waals surface area contributed by atoms with Gasteiger partial charge in [0.1, 0.15) is 5.69 Å². The number of esters is 1. The standard InChI is InChI=1S/C16H19N3O5/c1-9(15(20)18-12-5-6-12)24-16(21)10-2-7-13(17-11-3-4-11)14(8-10)19(22)23/h2,7-9,11-12,17H,3-6H2,1H3,(H,18,20)/t9-/m1/s1. The number of benzene rings is 1. The van der Waals surface area contributed by atoms with Gasteiger partial charge < -0.3 is 15.4 Å². The van der Waals surface area contributed by atoms with Crippen molar-refractivity contribution in [1.29, 1.82) is 0 Å². The van der Waals surface area contributed by atoms with Crippen LogP contribution in [0.25, 0.3) is 0 Å². The van der Waals surface area contributed by atoms with Crippen LogP contribution in [-0.2, 0) is 9.53 Å². The van der Waals surface area contributed by atoms with E-state index < -0.39 is 17.0 Å². The molecule has 2 aliphatic carbocycles. The second kappa shape index (κ2) is 6.46. The number of rotatable bonds is 7. The summed E-state index contributed by atoms with van der Waals surface area (Å²) in [5.41, 5.74) is 0.263. The molecule has 1 amide bonds. The van der Waals surface area contributed by atoms with Crippen molar-refractivity contribution in [3.8, 4) is 0 Å². The summed E-state index contributed by atoms with van der Waals surface area (Å²) in [6, 6.07) is 4.58. The summed E-state index contributed by atoms with van der Waals surface area (Å²) in [5, 5.41) is 17.0. The van der Waals surface area contributed by atoms with E-state index in [1.54, 1.807) is 0 Å². The fourth-order valence-electron chi connectivity index (χ4n) is 2.21. The monoisotopic (exact) mass is 333 g/mol. The van der Waals surface area contributed by atoms with Gasteiger partial charge in [0.2, 0.25) is 0 Å². The zero-order chi connectivity index (χ0) is 17.3. The van der Waals surface area contributed by atoms with Gasteiger partial charge in [-0.2, -0.15) is 0 Å². The van der Waals surface area contributed by atoms with E-state index in [2.05, 4.69) is 10.6 Å². The minimum absolute atomic E-state index is 0.0501. The highest BCUT2D eigenvalue weighted by atomic mass is 16.6. The van der Waals surface area contributed by atoms with Crippen molar-refractivity contribution in [2.75, 3.05) is 5.32 Å². The van der Waals surface area contributed by atoms with E-state index in [9.17, 15) is 19.7 Å². The Morgan fingerprint density at radius 2 is 1.92 bits per heavy atom. The van der Waals surface area contributed by atoms with E-state index in [0.29, 0.717) is 5.69 Å². The van der Waals surface area contributed by atoms with Crippen molar-refractivity contribution in [1.82, 2.24) is 5.32 Å². The molecule has 1 aromatic rings. The SMILES string of the molecule is C[C@@H](OC(=O)c1ccc(NC2CC2)c([N+](=O)[O-])c1)C(=O)NC1CC1. The number of nitrogens with one attached hydrogen (secondary N) is 2. The summed E-state index contributed by atoms with van der Waals surface area (Å²) >= 11 is 0. The number of hydrogen-bond donors (Lipinski definition) is 2. The summed E-state index contributed by atoms with van der Waals surface area (Å²) < 4.78 is 5.10. The fraction of sp³-hybridized carbons (Fsp3) is 0.500. The van der Waals surface area contributed by atoms with Crippen LogP contribution >= 0.6 is 0 Å². The quantitative estimate of drug-likeness (QED) is 0.448. The van der Waals surface area contributed by atoms with Crippen LogP contribution < -0.4 is 10.6 Å². The Morgan fingerprint density at radius 1 is 1.25 bits per heavy atom. The lowest BCUT2D eigenvalue weighted by atomic mass is 10.1. The lowest BCUT2D eigenvalue weighted by Crippen LogP contribution is -2.37. The topological polar surface area (TPSA) is 111 Å². The van der Waals surface area contributed by atoms with Crippen LogP contribution in [0.3, 0.4) is 0 Å². The molecule has 2 N–H and O–H groups in total. The number of hydrogen-bond acceptors (Lipinski definition) is 6. The van der Waals surface area contributed by atoms with Crippen molar-refractivity contribution < 1.29 is 19.2 Å². The average Bonchev–Trinajstić information content (AvgIpc) is 3.43. The molecule has 8 nitrogen and oxygen atoms in total. The molecule has 0 saturated heterocycles. The molecule has 0 aromatic heterocycles. The van der Waals surface area contributed by atoms with Crippen LogP contribution in [0.15, 0.2) is 18.2 Å². The molecule has 1 atom stereocenters. The van der Waals surface area contributed by atoms with Gasteiger partial charge >= 0.3 is 5.97 Å². The number of ether oxygens (including phenoxy) is 1. The van der Waals surface area contributed by atoms with Crippen LogP contribution in [0.1, 0.15) is 43.0 Å². The minimum atomic E-state index is -0.943. The number of anilines is 1. The first-order valence-electron chi connectivity index (χ1n) is 8.00. The molecule has 0 heterocycles. The van der Waals surface area contributed by atoms with E-state index in [4.69, 9.17) is 4.74 Å². The zero-order valence-electron chi connectivity index (χ0n) is 13.3. The van der Waals surface area contributed by atoms with Crippen molar-refractivity contribution >= 4 is 23.3 Å². The molecule has 0 aliphatic heterocycles. The maximum absolute atomic E-state index is 12.1. The first-order chi connectivity index (χ1) is 11.4. The summed E-state index contributed by atoms with van der Waals surface area (Å²) in [7, 11) is 0. The normalized spacial score (nSPS) is 17.7. The molecule has 2 fully saturated rings. The van der Waals surface area contributed by atoms with E-state index in [1.165, 1.54) is 25.1 Å². The molecular formula is C16H19N3O5. The second-order valence-corrected chi connectivity index (χ2v) is 6.24. The molecule has 128 valence electrons. The van der Waals surface area contributed by atoms with Crippen LogP contribution in [0.2, 0.25) is 0 Å². The molecule has 3 rings (SSSR count). The van der Waals surface area contributed by atoms with Gasteiger partial charge in [0.25, 0.3) is 11.6 Å². The molecule has 0 radical (unpaired) electrons. The maximum Gasteiger partial charge on any atom is 0.339 e. The van der Waals surface area contributed by atoms with Crippen molar-refractivity contribution in [3.05, 3.63) is 33.9 Å². The minimum Gasteiger partial charge on any atom is -0.449 e. The molecule has 2 saturated carbocycles. The molecule has 0 spiro atoms. The third-order valence-corrected chi connectivity index (χ3v) is 3.94. The Bertz CT molecular complexity index is 682. The van der Waals surface area contributed by atoms with Gasteiger partial charge in [0.15, 0.2) is 6.10 Å². The Balaban J connectivity index is 1.67. The smallest absolute Gasteiger partial charge is 0.339 e. The zero-order valence-corrected chi connectivity index (χ0v) is 13.3. The number of nitro benzene ring substituents is 1. The van der Waals surface area contributed by atoms with Gasteiger partial charge in [-0.05, 0) is 44.7 Å². The summed E-state index contributed by atoms with van der Waals surface area (Å²) in [5.74, 6) is -1.11. The Labute approximate surface area is 138 Å². The molecule has 0 unspecified atom stereocenters. The van der Waals surface area contributed by atoms with Crippen LogP contribution in [0.4, 0.5) is 11.4 Å². The summed E-state index contributed by atoms with van der Waals surface area (Å²) in [4.78, 5) is 34.6. The lowest BCUT2D eigenvalue weighted by molar-refractivity contribution is -0.384. The third kappa shape index (κ3) is 4.01. The predicted molar refractivity (Wildman–Crippen MR) is 85.8 cm³/mol. The molecule has 24 heavy (non-hydrogen) atoms. The highest BCUT2D eigenvalue weighted by Crippen LogP contribution is 2.31.